The third-order valence-electron chi connectivity index (χ3n) is 2.83. The molecular weight excluding hydrogens is 351 g/mol. The average Bonchev–Trinajstić information content (AvgIpc) is 2.99. The van der Waals surface area contributed by atoms with Crippen molar-refractivity contribution in [1.29, 1.82) is 0 Å². The third-order valence-corrected chi connectivity index (χ3v) is 3.89. The van der Waals surface area contributed by atoms with E-state index >= 15 is 0 Å². The van der Waals surface area contributed by atoms with Crippen molar-refractivity contribution in [3.05, 3.63) is 46.6 Å². The molecule has 2 heterocycles. The van der Waals surface area contributed by atoms with Gasteiger partial charge in [-0.1, -0.05) is 11.8 Å². The Bertz CT molecular complexity index is 1020. The molecule has 126 valence electrons. The number of rotatable bonds is 4. The van der Waals surface area contributed by atoms with Crippen molar-refractivity contribution < 1.29 is 26.3 Å². The highest BCUT2D eigenvalue weighted by atomic mass is 32.2. The first-order chi connectivity index (χ1) is 11.3. The van der Waals surface area contributed by atoms with Gasteiger partial charge in [0.1, 0.15) is 11.6 Å². The summed E-state index contributed by atoms with van der Waals surface area (Å²) < 4.78 is 73.6. The maximum absolute atomic E-state index is 13.7. The second-order valence-corrected chi connectivity index (χ2v) is 5.86. The van der Waals surface area contributed by atoms with E-state index in [2.05, 4.69) is 19.8 Å². The van der Waals surface area contributed by atoms with Gasteiger partial charge >= 0.3 is 6.01 Å². The number of sulfonamides is 1. The highest BCUT2D eigenvalue weighted by Crippen LogP contribution is 2.31. The number of halogens is 3. The molecule has 24 heavy (non-hydrogen) atoms. The molecule has 1 aromatic carbocycles. The Morgan fingerprint density at radius 2 is 1.83 bits per heavy atom. The number of fused-ring (bicyclic) bond motifs is 1. The molecule has 0 aliphatic rings. The molecular formula is C12H7F3N5O3S-. The molecule has 3 rings (SSSR count). The van der Waals surface area contributed by atoms with Crippen LogP contribution in [0.15, 0.2) is 29.6 Å². The standard InChI is InChI=1S/C12H7F3N5O3S/c1-23-12-16-5-8(15)10-17-11(18-20(10)12)24(21,22)19-9-6(13)3-2-4-7(9)14/h2-5H,1H3/q-1. The van der Waals surface area contributed by atoms with Crippen LogP contribution in [0, 0.1) is 17.5 Å². The highest BCUT2D eigenvalue weighted by Gasteiger charge is 2.19. The van der Waals surface area contributed by atoms with Crippen LogP contribution in [0.2, 0.25) is 0 Å². The van der Waals surface area contributed by atoms with Crippen molar-refractivity contribution in [3.63, 3.8) is 0 Å². The van der Waals surface area contributed by atoms with E-state index in [0.717, 1.165) is 24.4 Å². The first-order valence-corrected chi connectivity index (χ1v) is 7.65. The minimum atomic E-state index is -4.71. The van der Waals surface area contributed by atoms with Gasteiger partial charge in [-0.25, -0.2) is 26.6 Å². The van der Waals surface area contributed by atoms with E-state index in [1.54, 1.807) is 0 Å². The van der Waals surface area contributed by atoms with Crippen LogP contribution in [0.4, 0.5) is 18.9 Å². The number of methoxy groups -OCH3 is 1. The summed E-state index contributed by atoms with van der Waals surface area (Å²) in [5.41, 5.74) is -1.52. The summed E-state index contributed by atoms with van der Waals surface area (Å²) in [5, 5.41) is 2.56. The molecule has 3 aromatic rings. The summed E-state index contributed by atoms with van der Waals surface area (Å²) in [6.45, 7) is 0. The van der Waals surface area contributed by atoms with Gasteiger partial charge in [-0.3, -0.25) is 0 Å². The summed E-state index contributed by atoms with van der Waals surface area (Å²) in [4.78, 5) is 7.03. The van der Waals surface area contributed by atoms with Gasteiger partial charge in [0, 0.05) is 0 Å². The molecule has 0 spiro atoms. The van der Waals surface area contributed by atoms with E-state index in [0.29, 0.717) is 4.52 Å². The second kappa shape index (κ2) is 5.63. The van der Waals surface area contributed by atoms with Gasteiger partial charge in [-0.2, -0.15) is 9.50 Å². The van der Waals surface area contributed by atoms with E-state index in [-0.39, 0.29) is 6.01 Å². The van der Waals surface area contributed by atoms with Gasteiger partial charge in [0.2, 0.25) is 0 Å². The van der Waals surface area contributed by atoms with E-state index in [4.69, 9.17) is 4.74 Å². The van der Waals surface area contributed by atoms with E-state index in [1.165, 1.54) is 7.11 Å². The zero-order chi connectivity index (χ0) is 17.5. The molecule has 0 fully saturated rings. The number of nitrogens with zero attached hydrogens (tertiary/aromatic N) is 5. The monoisotopic (exact) mass is 358 g/mol. The molecule has 0 aliphatic carbocycles. The Labute approximate surface area is 133 Å². The maximum atomic E-state index is 13.7. The summed E-state index contributed by atoms with van der Waals surface area (Å²) in [6, 6.07) is 2.48. The van der Waals surface area contributed by atoms with Crippen molar-refractivity contribution in [2.24, 2.45) is 0 Å². The Morgan fingerprint density at radius 1 is 1.17 bits per heavy atom. The Morgan fingerprint density at radius 3 is 2.46 bits per heavy atom. The molecule has 0 saturated heterocycles. The smallest absolute Gasteiger partial charge is 0.319 e. The van der Waals surface area contributed by atoms with E-state index in [9.17, 15) is 21.6 Å². The molecule has 12 heteroatoms. The van der Waals surface area contributed by atoms with Crippen LogP contribution in [0.1, 0.15) is 0 Å². The fraction of sp³-hybridized carbons (Fsp3) is 0.0833. The summed E-state index contributed by atoms with van der Waals surface area (Å²) >= 11 is 0. The van der Waals surface area contributed by atoms with Crippen molar-refractivity contribution >= 4 is 21.4 Å². The molecule has 0 bridgehead atoms. The Hall–Kier alpha value is -2.89. The lowest BCUT2D eigenvalue weighted by Crippen LogP contribution is -2.03. The van der Waals surface area contributed by atoms with Gasteiger partial charge in [-0.05, 0) is 12.1 Å². The number of hydrogen-bond donors (Lipinski definition) is 0. The highest BCUT2D eigenvalue weighted by molar-refractivity contribution is 7.94. The summed E-state index contributed by atoms with van der Waals surface area (Å²) in [6.07, 6.45) is 0.757. The van der Waals surface area contributed by atoms with Crippen LogP contribution >= 0.6 is 0 Å². The lowest BCUT2D eigenvalue weighted by atomic mass is 10.3. The van der Waals surface area contributed by atoms with Crippen LogP contribution < -0.4 is 4.74 Å². The van der Waals surface area contributed by atoms with Crippen LogP contribution in [0.3, 0.4) is 0 Å². The van der Waals surface area contributed by atoms with Crippen LogP contribution in [-0.2, 0) is 10.0 Å². The Kier molecular flexibility index (Phi) is 3.75. The first kappa shape index (κ1) is 16.0. The number of ether oxygens (including phenoxy) is 1. The molecule has 2 aromatic heterocycles. The minimum absolute atomic E-state index is 0.238. The topological polar surface area (TPSA) is 101 Å². The molecule has 0 atom stereocenters. The molecule has 0 N–H and O–H groups in total. The fourth-order valence-electron chi connectivity index (χ4n) is 1.79. The van der Waals surface area contributed by atoms with Crippen molar-refractivity contribution in [2.45, 2.75) is 5.16 Å². The quantitative estimate of drug-likeness (QED) is 0.707. The van der Waals surface area contributed by atoms with Gasteiger partial charge in [-0.15, -0.1) is 5.10 Å². The van der Waals surface area contributed by atoms with Crippen LogP contribution in [0.5, 0.6) is 6.01 Å². The van der Waals surface area contributed by atoms with E-state index < -0.39 is 44.0 Å². The zero-order valence-corrected chi connectivity index (χ0v) is 12.6. The normalized spacial score (nSPS) is 11.7. The molecule has 0 amide bonds. The fourth-order valence-corrected chi connectivity index (χ4v) is 2.67. The predicted molar refractivity (Wildman–Crippen MR) is 73.9 cm³/mol. The lowest BCUT2D eigenvalue weighted by Gasteiger charge is -2.20. The average molecular weight is 358 g/mol. The third kappa shape index (κ3) is 2.60. The van der Waals surface area contributed by atoms with Gasteiger partial charge < -0.3 is 9.46 Å². The Balaban J connectivity index is 2.11. The van der Waals surface area contributed by atoms with Crippen molar-refractivity contribution in [3.8, 4) is 6.01 Å². The number of aromatic nitrogens is 4. The van der Waals surface area contributed by atoms with Crippen LogP contribution in [-0.4, -0.2) is 35.1 Å². The molecule has 0 unspecified atom stereocenters. The minimum Gasteiger partial charge on any atom is -0.565 e. The first-order valence-electron chi connectivity index (χ1n) is 6.21. The SMILES string of the molecule is COc1ncc(F)c2nc(S(=O)(=O)[N-]c3c(F)cccc3F)nn12. The summed E-state index contributed by atoms with van der Waals surface area (Å²) in [5.74, 6) is -3.35. The summed E-state index contributed by atoms with van der Waals surface area (Å²) in [7, 11) is -3.51. The molecule has 0 radical (unpaired) electrons. The van der Waals surface area contributed by atoms with Crippen LogP contribution in [0.25, 0.3) is 10.4 Å². The second-order valence-electron chi connectivity index (χ2n) is 4.36. The molecule has 8 nitrogen and oxygen atoms in total. The van der Waals surface area contributed by atoms with Gasteiger partial charge in [0.05, 0.1) is 13.3 Å². The maximum Gasteiger partial charge on any atom is 0.319 e. The number of benzene rings is 1. The van der Waals surface area contributed by atoms with E-state index in [1.807, 2.05) is 0 Å². The largest absolute Gasteiger partial charge is 0.565 e. The molecule has 0 aliphatic heterocycles. The van der Waals surface area contributed by atoms with Gasteiger partial charge in [0.25, 0.3) is 5.16 Å². The predicted octanol–water partition coefficient (Wildman–Crippen LogP) is 1.94. The van der Waals surface area contributed by atoms with Gasteiger partial charge in [0.15, 0.2) is 21.5 Å². The number of hydrogen-bond acceptors (Lipinski definition) is 6. The molecule has 0 saturated carbocycles. The van der Waals surface area contributed by atoms with Crippen molar-refractivity contribution in [1.82, 2.24) is 19.6 Å². The van der Waals surface area contributed by atoms with Crippen molar-refractivity contribution in [2.75, 3.05) is 7.11 Å². The lowest BCUT2D eigenvalue weighted by molar-refractivity contribution is 0.363. The zero-order valence-electron chi connectivity index (χ0n) is 11.8.